The molecule has 2 aromatic carbocycles. The van der Waals surface area contributed by atoms with Crippen LogP contribution in [0.15, 0.2) is 59.1 Å². The standard InChI is InChI=1S/C21H20N2O3/c1-2-17-18(19(23-26-17)13-8-4-3-5-9-13)21(25)22-20-15-11-7-6-10-14(15)12-16(20)24/h3-11,16,20,24H,2,12H2,1H3,(H,22,25)/t16-,20+/m1/s1. The van der Waals surface area contributed by atoms with Gasteiger partial charge in [-0.15, -0.1) is 0 Å². The van der Waals surface area contributed by atoms with Crippen LogP contribution in [0.4, 0.5) is 0 Å². The number of hydrogen-bond acceptors (Lipinski definition) is 4. The lowest BCUT2D eigenvalue weighted by Gasteiger charge is -2.18. The van der Waals surface area contributed by atoms with Gasteiger partial charge in [-0.05, 0) is 11.1 Å². The first kappa shape index (κ1) is 16.5. The predicted molar refractivity (Wildman–Crippen MR) is 97.7 cm³/mol. The van der Waals surface area contributed by atoms with Gasteiger partial charge in [-0.25, -0.2) is 0 Å². The van der Waals surface area contributed by atoms with Crippen molar-refractivity contribution in [2.45, 2.75) is 31.9 Å². The van der Waals surface area contributed by atoms with Crippen molar-refractivity contribution in [2.75, 3.05) is 0 Å². The van der Waals surface area contributed by atoms with Gasteiger partial charge in [0, 0.05) is 18.4 Å². The van der Waals surface area contributed by atoms with E-state index in [9.17, 15) is 9.90 Å². The van der Waals surface area contributed by atoms with Gasteiger partial charge in [-0.3, -0.25) is 4.79 Å². The van der Waals surface area contributed by atoms with Crippen molar-refractivity contribution in [1.82, 2.24) is 10.5 Å². The van der Waals surface area contributed by atoms with Gasteiger partial charge in [0.1, 0.15) is 17.0 Å². The van der Waals surface area contributed by atoms with Gasteiger partial charge in [-0.1, -0.05) is 66.7 Å². The predicted octanol–water partition coefficient (Wildman–Crippen LogP) is 3.29. The Morgan fingerprint density at radius 3 is 2.69 bits per heavy atom. The number of aliphatic hydroxyl groups is 1. The normalized spacial score (nSPS) is 18.5. The molecule has 0 aliphatic heterocycles. The van der Waals surface area contributed by atoms with Crippen LogP contribution in [0.3, 0.4) is 0 Å². The van der Waals surface area contributed by atoms with Gasteiger partial charge >= 0.3 is 0 Å². The Morgan fingerprint density at radius 1 is 1.19 bits per heavy atom. The minimum absolute atomic E-state index is 0.275. The third-order valence-electron chi connectivity index (χ3n) is 4.85. The second kappa shape index (κ2) is 6.77. The topological polar surface area (TPSA) is 75.4 Å². The van der Waals surface area contributed by atoms with Gasteiger partial charge in [0.2, 0.25) is 0 Å². The molecular weight excluding hydrogens is 328 g/mol. The molecule has 5 heteroatoms. The number of fused-ring (bicyclic) bond motifs is 1. The Hall–Kier alpha value is -2.92. The van der Waals surface area contributed by atoms with Crippen LogP contribution in [-0.4, -0.2) is 22.3 Å². The molecule has 132 valence electrons. The summed E-state index contributed by atoms with van der Waals surface area (Å²) in [6.45, 7) is 1.92. The maximum absolute atomic E-state index is 13.1. The molecular formula is C21H20N2O3. The van der Waals surface area contributed by atoms with Crippen molar-refractivity contribution >= 4 is 5.91 Å². The van der Waals surface area contributed by atoms with Gasteiger partial charge in [0.15, 0.2) is 0 Å². The molecule has 2 atom stereocenters. The highest BCUT2D eigenvalue weighted by molar-refractivity contribution is 6.01. The number of amides is 1. The molecule has 0 saturated carbocycles. The number of aryl methyl sites for hydroxylation is 1. The van der Waals surface area contributed by atoms with Gasteiger partial charge < -0.3 is 14.9 Å². The third kappa shape index (κ3) is 2.80. The Labute approximate surface area is 151 Å². The number of aromatic nitrogens is 1. The van der Waals surface area contributed by atoms with Crippen LogP contribution >= 0.6 is 0 Å². The van der Waals surface area contributed by atoms with E-state index in [2.05, 4.69) is 10.5 Å². The maximum atomic E-state index is 13.1. The van der Waals surface area contributed by atoms with E-state index in [0.29, 0.717) is 29.9 Å². The third-order valence-corrected chi connectivity index (χ3v) is 4.85. The molecule has 1 heterocycles. The van der Waals surface area contributed by atoms with E-state index in [0.717, 1.165) is 16.7 Å². The van der Waals surface area contributed by atoms with E-state index in [1.165, 1.54) is 0 Å². The molecule has 1 aromatic heterocycles. The lowest BCUT2D eigenvalue weighted by Crippen LogP contribution is -2.34. The fraction of sp³-hybridized carbons (Fsp3) is 0.238. The number of rotatable bonds is 4. The molecule has 1 aliphatic rings. The first-order valence-electron chi connectivity index (χ1n) is 8.79. The van der Waals surface area contributed by atoms with E-state index in [1.54, 1.807) is 0 Å². The van der Waals surface area contributed by atoms with Crippen molar-refractivity contribution < 1.29 is 14.4 Å². The SMILES string of the molecule is CCc1onc(-c2ccccc2)c1C(=O)N[C@H]1c2ccccc2C[C@H]1O. The summed E-state index contributed by atoms with van der Waals surface area (Å²) in [5.41, 5.74) is 3.82. The second-order valence-corrected chi connectivity index (χ2v) is 6.47. The van der Waals surface area contributed by atoms with Gasteiger partial charge in [0.25, 0.3) is 5.91 Å². The summed E-state index contributed by atoms with van der Waals surface area (Å²) < 4.78 is 5.41. The first-order valence-corrected chi connectivity index (χ1v) is 8.79. The second-order valence-electron chi connectivity index (χ2n) is 6.47. The van der Waals surface area contributed by atoms with E-state index in [4.69, 9.17) is 4.52 Å². The van der Waals surface area contributed by atoms with E-state index >= 15 is 0 Å². The van der Waals surface area contributed by atoms with Gasteiger partial charge in [0.05, 0.1) is 12.1 Å². The molecule has 3 aromatic rings. The fourth-order valence-corrected chi connectivity index (χ4v) is 3.55. The van der Waals surface area contributed by atoms with Crippen LogP contribution in [0.25, 0.3) is 11.3 Å². The number of benzene rings is 2. The molecule has 5 nitrogen and oxygen atoms in total. The monoisotopic (exact) mass is 348 g/mol. The lowest BCUT2D eigenvalue weighted by atomic mass is 10.0. The summed E-state index contributed by atoms with van der Waals surface area (Å²) >= 11 is 0. The number of hydrogen-bond donors (Lipinski definition) is 2. The largest absolute Gasteiger partial charge is 0.390 e. The molecule has 0 bridgehead atoms. The molecule has 0 saturated heterocycles. The van der Waals surface area contributed by atoms with E-state index in [1.807, 2.05) is 61.5 Å². The molecule has 4 rings (SSSR count). The van der Waals surface area contributed by atoms with E-state index in [-0.39, 0.29) is 5.91 Å². The van der Waals surface area contributed by atoms with Crippen LogP contribution < -0.4 is 5.32 Å². The smallest absolute Gasteiger partial charge is 0.257 e. The molecule has 0 spiro atoms. The lowest BCUT2D eigenvalue weighted by molar-refractivity contribution is 0.0857. The number of aliphatic hydroxyl groups excluding tert-OH is 1. The highest BCUT2D eigenvalue weighted by atomic mass is 16.5. The molecule has 0 unspecified atom stereocenters. The summed E-state index contributed by atoms with van der Waals surface area (Å²) in [6, 6.07) is 16.9. The average Bonchev–Trinajstić information content (AvgIpc) is 3.24. The maximum Gasteiger partial charge on any atom is 0.257 e. The summed E-state index contributed by atoms with van der Waals surface area (Å²) in [5.74, 6) is 0.268. The van der Waals surface area contributed by atoms with Crippen molar-refractivity contribution in [3.05, 3.63) is 77.0 Å². The zero-order valence-electron chi connectivity index (χ0n) is 14.5. The number of carbonyl (C=O) groups is 1. The van der Waals surface area contributed by atoms with Gasteiger partial charge in [-0.2, -0.15) is 0 Å². The minimum Gasteiger partial charge on any atom is -0.390 e. The molecule has 1 aliphatic carbocycles. The summed E-state index contributed by atoms with van der Waals surface area (Å²) in [6.07, 6.45) is 0.463. The van der Waals surface area contributed by atoms with Crippen LogP contribution in [0.1, 0.15) is 40.2 Å². The Morgan fingerprint density at radius 2 is 1.92 bits per heavy atom. The van der Waals surface area contributed by atoms with Crippen molar-refractivity contribution in [3.63, 3.8) is 0 Å². The minimum atomic E-state index is -0.638. The quantitative estimate of drug-likeness (QED) is 0.759. The van der Waals surface area contributed by atoms with Crippen LogP contribution in [0.2, 0.25) is 0 Å². The molecule has 2 N–H and O–H groups in total. The molecule has 0 fully saturated rings. The Bertz CT molecular complexity index is 933. The fourth-order valence-electron chi connectivity index (χ4n) is 3.55. The zero-order valence-corrected chi connectivity index (χ0v) is 14.5. The Balaban J connectivity index is 1.68. The van der Waals surface area contributed by atoms with Crippen LogP contribution in [-0.2, 0) is 12.8 Å². The highest BCUT2D eigenvalue weighted by Crippen LogP contribution is 2.33. The Kier molecular flexibility index (Phi) is 4.31. The molecule has 0 radical (unpaired) electrons. The zero-order chi connectivity index (χ0) is 18.1. The number of nitrogens with one attached hydrogen (secondary N) is 1. The number of carbonyl (C=O) groups excluding carboxylic acids is 1. The van der Waals surface area contributed by atoms with Crippen molar-refractivity contribution in [3.8, 4) is 11.3 Å². The molecule has 1 amide bonds. The average molecular weight is 348 g/mol. The molecule has 26 heavy (non-hydrogen) atoms. The summed E-state index contributed by atoms with van der Waals surface area (Å²) in [5, 5.41) is 17.5. The summed E-state index contributed by atoms with van der Waals surface area (Å²) in [4.78, 5) is 13.1. The van der Waals surface area contributed by atoms with Crippen molar-refractivity contribution in [1.29, 1.82) is 0 Å². The summed E-state index contributed by atoms with van der Waals surface area (Å²) in [7, 11) is 0. The van der Waals surface area contributed by atoms with Crippen LogP contribution in [0.5, 0.6) is 0 Å². The van der Waals surface area contributed by atoms with Crippen LogP contribution in [0, 0.1) is 0 Å². The highest BCUT2D eigenvalue weighted by Gasteiger charge is 2.34. The first-order chi connectivity index (χ1) is 12.7. The van der Waals surface area contributed by atoms with Crippen molar-refractivity contribution in [2.24, 2.45) is 0 Å². The number of nitrogens with zero attached hydrogens (tertiary/aromatic N) is 1. The van der Waals surface area contributed by atoms with E-state index < -0.39 is 12.1 Å².